The molecular formula is C20H18N4O2. The predicted octanol–water partition coefficient (Wildman–Crippen LogP) is 2.75. The average Bonchev–Trinajstić information content (AvgIpc) is 2.67. The Hall–Kier alpha value is -3.46. The highest BCUT2D eigenvalue weighted by atomic mass is 16.5. The molecule has 130 valence electrons. The molecule has 0 amide bonds. The summed E-state index contributed by atoms with van der Waals surface area (Å²) in [5, 5.41) is 13.5. The minimum atomic E-state index is -0.369. The zero-order valence-corrected chi connectivity index (χ0v) is 14.6. The minimum absolute atomic E-state index is 0.146. The lowest BCUT2D eigenvalue weighted by atomic mass is 10.1. The molecule has 0 unspecified atom stereocenters. The summed E-state index contributed by atoms with van der Waals surface area (Å²) in [6.45, 7) is 4.22. The number of hydrogen-bond acceptors (Lipinski definition) is 5. The number of rotatable bonds is 5. The summed E-state index contributed by atoms with van der Waals surface area (Å²) in [5.41, 5.74) is 2.84. The van der Waals surface area contributed by atoms with Crippen molar-refractivity contribution < 1.29 is 4.74 Å². The lowest BCUT2D eigenvalue weighted by Gasteiger charge is -2.10. The van der Waals surface area contributed by atoms with Crippen LogP contribution in [0.5, 0.6) is 5.75 Å². The van der Waals surface area contributed by atoms with Gasteiger partial charge in [0, 0.05) is 6.20 Å². The van der Waals surface area contributed by atoms with Crippen molar-refractivity contribution in [2.24, 2.45) is 0 Å². The fourth-order valence-corrected chi connectivity index (χ4v) is 2.52. The summed E-state index contributed by atoms with van der Waals surface area (Å²) in [6.07, 6.45) is 1.73. The average molecular weight is 346 g/mol. The number of aromatic nitrogens is 3. The molecule has 0 saturated heterocycles. The quantitative estimate of drug-likeness (QED) is 0.709. The second kappa shape index (κ2) is 7.62. The van der Waals surface area contributed by atoms with E-state index in [1.54, 1.807) is 20.0 Å². The van der Waals surface area contributed by atoms with Crippen molar-refractivity contribution in [3.05, 3.63) is 87.1 Å². The number of pyridine rings is 1. The van der Waals surface area contributed by atoms with E-state index < -0.39 is 0 Å². The number of benzene rings is 1. The van der Waals surface area contributed by atoms with Crippen molar-refractivity contribution in [3.8, 4) is 11.8 Å². The van der Waals surface area contributed by atoms with Gasteiger partial charge in [-0.05, 0) is 49.2 Å². The molecule has 0 atom stereocenters. The van der Waals surface area contributed by atoms with E-state index in [1.807, 2.05) is 48.5 Å². The summed E-state index contributed by atoms with van der Waals surface area (Å²) in [6, 6.07) is 15.1. The van der Waals surface area contributed by atoms with Gasteiger partial charge in [-0.15, -0.1) is 0 Å². The van der Waals surface area contributed by atoms with Gasteiger partial charge in [0.05, 0.1) is 17.9 Å². The molecule has 0 spiro atoms. The summed E-state index contributed by atoms with van der Waals surface area (Å²) in [5.74, 6) is 0.720. The Morgan fingerprint density at radius 2 is 1.92 bits per heavy atom. The van der Waals surface area contributed by atoms with Crippen LogP contribution in [0.15, 0.2) is 53.5 Å². The monoisotopic (exact) mass is 346 g/mol. The van der Waals surface area contributed by atoms with E-state index in [-0.39, 0.29) is 11.1 Å². The molecule has 1 aromatic carbocycles. The maximum atomic E-state index is 12.4. The molecule has 6 heteroatoms. The third-order valence-electron chi connectivity index (χ3n) is 4.12. The van der Waals surface area contributed by atoms with E-state index in [4.69, 9.17) is 4.74 Å². The van der Waals surface area contributed by atoms with Gasteiger partial charge in [-0.3, -0.25) is 9.78 Å². The number of nitriles is 1. The molecule has 2 aromatic heterocycles. The van der Waals surface area contributed by atoms with Crippen LogP contribution in [-0.4, -0.2) is 14.8 Å². The standard InChI is InChI=1S/C20H18N4O2/c1-14-15(2)23-24(20(25)19(14)11-21)12-16-6-8-18(9-7-16)26-13-17-5-3-4-10-22-17/h3-10H,12-13H2,1-2H3. The van der Waals surface area contributed by atoms with Gasteiger partial charge in [0.2, 0.25) is 0 Å². The molecule has 2 heterocycles. The van der Waals surface area contributed by atoms with Crippen LogP contribution in [0.1, 0.15) is 28.1 Å². The van der Waals surface area contributed by atoms with Crippen LogP contribution in [0.25, 0.3) is 0 Å². The van der Waals surface area contributed by atoms with Crippen molar-refractivity contribution in [3.63, 3.8) is 0 Å². The molecule has 0 N–H and O–H groups in total. The first kappa shape index (κ1) is 17.4. The second-order valence-electron chi connectivity index (χ2n) is 5.91. The highest BCUT2D eigenvalue weighted by Crippen LogP contribution is 2.14. The van der Waals surface area contributed by atoms with Gasteiger partial charge in [-0.1, -0.05) is 18.2 Å². The van der Waals surface area contributed by atoms with Gasteiger partial charge in [0.1, 0.15) is 24.0 Å². The van der Waals surface area contributed by atoms with Crippen LogP contribution in [0.3, 0.4) is 0 Å². The fraction of sp³-hybridized carbons (Fsp3) is 0.200. The number of hydrogen-bond donors (Lipinski definition) is 0. The highest BCUT2D eigenvalue weighted by molar-refractivity contribution is 5.36. The van der Waals surface area contributed by atoms with Crippen molar-refractivity contribution in [2.75, 3.05) is 0 Å². The zero-order chi connectivity index (χ0) is 18.5. The van der Waals surface area contributed by atoms with Gasteiger partial charge in [-0.2, -0.15) is 10.4 Å². The van der Waals surface area contributed by atoms with Crippen LogP contribution >= 0.6 is 0 Å². The molecule has 3 rings (SSSR count). The van der Waals surface area contributed by atoms with E-state index in [0.29, 0.717) is 24.4 Å². The van der Waals surface area contributed by atoms with E-state index in [0.717, 1.165) is 17.0 Å². The SMILES string of the molecule is Cc1nn(Cc2ccc(OCc3ccccn3)cc2)c(=O)c(C#N)c1C. The van der Waals surface area contributed by atoms with Gasteiger partial charge in [0.15, 0.2) is 0 Å². The summed E-state index contributed by atoms with van der Waals surface area (Å²) in [4.78, 5) is 16.6. The van der Waals surface area contributed by atoms with Crippen LogP contribution in [0.2, 0.25) is 0 Å². The first-order valence-electron chi connectivity index (χ1n) is 8.18. The Morgan fingerprint density at radius 3 is 2.58 bits per heavy atom. The Labute approximate surface area is 151 Å². The van der Waals surface area contributed by atoms with Crippen molar-refractivity contribution in [1.82, 2.24) is 14.8 Å². The third-order valence-corrected chi connectivity index (χ3v) is 4.12. The lowest BCUT2D eigenvalue weighted by Crippen LogP contribution is -2.27. The summed E-state index contributed by atoms with van der Waals surface area (Å²) >= 11 is 0. The van der Waals surface area contributed by atoms with E-state index in [1.165, 1.54) is 4.68 Å². The van der Waals surface area contributed by atoms with Crippen LogP contribution < -0.4 is 10.3 Å². The van der Waals surface area contributed by atoms with Gasteiger partial charge in [0.25, 0.3) is 5.56 Å². The number of nitrogens with zero attached hydrogens (tertiary/aromatic N) is 4. The Bertz CT molecular complexity index is 1000. The van der Waals surface area contributed by atoms with Crippen LogP contribution in [0.4, 0.5) is 0 Å². The molecular weight excluding hydrogens is 328 g/mol. The lowest BCUT2D eigenvalue weighted by molar-refractivity contribution is 0.301. The summed E-state index contributed by atoms with van der Waals surface area (Å²) in [7, 11) is 0. The second-order valence-corrected chi connectivity index (χ2v) is 5.91. The van der Waals surface area contributed by atoms with Gasteiger partial charge < -0.3 is 4.74 Å². The van der Waals surface area contributed by atoms with Crippen molar-refractivity contribution in [1.29, 1.82) is 5.26 Å². The van der Waals surface area contributed by atoms with Gasteiger partial charge >= 0.3 is 0 Å². The first-order valence-corrected chi connectivity index (χ1v) is 8.18. The number of ether oxygens (including phenoxy) is 1. The molecule has 0 fully saturated rings. The fourth-order valence-electron chi connectivity index (χ4n) is 2.52. The zero-order valence-electron chi connectivity index (χ0n) is 14.6. The molecule has 0 saturated carbocycles. The molecule has 0 bridgehead atoms. The molecule has 6 nitrogen and oxygen atoms in total. The smallest absolute Gasteiger partial charge is 0.285 e. The van der Waals surface area contributed by atoms with Gasteiger partial charge in [-0.25, -0.2) is 4.68 Å². The predicted molar refractivity (Wildman–Crippen MR) is 96.8 cm³/mol. The maximum Gasteiger partial charge on any atom is 0.285 e. The first-order chi connectivity index (χ1) is 12.6. The highest BCUT2D eigenvalue weighted by Gasteiger charge is 2.11. The maximum absolute atomic E-state index is 12.4. The Morgan fingerprint density at radius 1 is 1.15 bits per heavy atom. The third kappa shape index (κ3) is 3.78. The van der Waals surface area contributed by atoms with Crippen LogP contribution in [-0.2, 0) is 13.2 Å². The largest absolute Gasteiger partial charge is 0.487 e. The molecule has 26 heavy (non-hydrogen) atoms. The molecule has 3 aromatic rings. The van der Waals surface area contributed by atoms with E-state index in [2.05, 4.69) is 10.1 Å². The van der Waals surface area contributed by atoms with Crippen LogP contribution in [0, 0.1) is 25.2 Å². The van der Waals surface area contributed by atoms with Crippen molar-refractivity contribution >= 4 is 0 Å². The number of aryl methyl sites for hydroxylation is 1. The molecule has 0 aliphatic heterocycles. The van der Waals surface area contributed by atoms with E-state index >= 15 is 0 Å². The Balaban J connectivity index is 1.73. The Kier molecular flexibility index (Phi) is 5.09. The minimum Gasteiger partial charge on any atom is -0.487 e. The van der Waals surface area contributed by atoms with Crippen molar-refractivity contribution in [2.45, 2.75) is 27.0 Å². The summed E-state index contributed by atoms with van der Waals surface area (Å²) < 4.78 is 7.03. The molecule has 0 radical (unpaired) electrons. The molecule has 0 aliphatic carbocycles. The normalized spacial score (nSPS) is 10.3. The topological polar surface area (TPSA) is 80.8 Å². The molecule has 0 aliphatic rings. The van der Waals surface area contributed by atoms with E-state index in [9.17, 15) is 10.1 Å².